The van der Waals surface area contributed by atoms with Crippen molar-refractivity contribution < 1.29 is 17.9 Å². The number of hydrogen-bond acceptors (Lipinski definition) is 2. The molecule has 1 heterocycles. The third-order valence-corrected chi connectivity index (χ3v) is 7.21. The Hall–Kier alpha value is -2.89. The minimum Gasteiger partial charge on any atom is -0.372 e. The predicted molar refractivity (Wildman–Crippen MR) is 130 cm³/mol. The van der Waals surface area contributed by atoms with Crippen molar-refractivity contribution in [2.24, 2.45) is 11.3 Å². The number of halogens is 3. The van der Waals surface area contributed by atoms with Crippen molar-refractivity contribution in [3.05, 3.63) is 102 Å². The van der Waals surface area contributed by atoms with Gasteiger partial charge < -0.3 is 10.1 Å². The summed E-state index contributed by atoms with van der Waals surface area (Å²) in [6.45, 7) is 1.25. The molecule has 0 saturated carbocycles. The Morgan fingerprint density at radius 3 is 2.50 bits per heavy atom. The van der Waals surface area contributed by atoms with Crippen LogP contribution in [0.4, 0.5) is 13.2 Å². The van der Waals surface area contributed by atoms with Crippen molar-refractivity contribution >= 4 is 16.3 Å². The zero-order chi connectivity index (χ0) is 23.6. The topological polar surface area (TPSA) is 21.3 Å². The standard InChI is InChI=1S/C29H28F3NO/c30-29(31,32)28(15-6-11-25(18-28)22-7-2-1-3-8-22)26-14-16-33-19-27(26)34-20-21-12-13-23-9-4-5-10-24(23)17-21/h1-13,15,17,26-27,33H,14,16,18-20H2. The number of ether oxygens (including phenoxy) is 1. The number of allylic oxidation sites excluding steroid dienone is 4. The van der Waals surface area contributed by atoms with E-state index in [1.807, 2.05) is 72.8 Å². The van der Waals surface area contributed by atoms with Crippen LogP contribution in [0.25, 0.3) is 16.3 Å². The smallest absolute Gasteiger partial charge is 0.372 e. The van der Waals surface area contributed by atoms with Crippen LogP contribution in [0.15, 0.2) is 91.0 Å². The Kier molecular flexibility index (Phi) is 6.32. The highest BCUT2D eigenvalue weighted by Crippen LogP contribution is 2.55. The van der Waals surface area contributed by atoms with Gasteiger partial charge in [0.1, 0.15) is 0 Å². The third-order valence-electron chi connectivity index (χ3n) is 7.21. The van der Waals surface area contributed by atoms with Gasteiger partial charge in [0.15, 0.2) is 0 Å². The van der Waals surface area contributed by atoms with Crippen molar-refractivity contribution in [1.82, 2.24) is 5.32 Å². The highest BCUT2D eigenvalue weighted by Gasteiger charge is 2.60. The van der Waals surface area contributed by atoms with E-state index < -0.39 is 23.6 Å². The first-order valence-electron chi connectivity index (χ1n) is 11.8. The SMILES string of the molecule is FC(F)(F)C1(C2CCNCC2OCc2ccc3ccccc3c2)C=CC=C(c2ccccc2)C1. The minimum atomic E-state index is -4.38. The second-order valence-electron chi connectivity index (χ2n) is 9.26. The maximum atomic E-state index is 14.8. The molecule has 1 aliphatic carbocycles. The zero-order valence-electron chi connectivity index (χ0n) is 18.9. The van der Waals surface area contributed by atoms with Crippen LogP contribution in [0.3, 0.4) is 0 Å². The molecular weight excluding hydrogens is 435 g/mol. The summed E-state index contributed by atoms with van der Waals surface area (Å²) in [6.07, 6.45) is 0.187. The molecular formula is C29H28F3NO. The lowest BCUT2D eigenvalue weighted by Crippen LogP contribution is -2.54. The van der Waals surface area contributed by atoms with E-state index in [9.17, 15) is 13.2 Å². The van der Waals surface area contributed by atoms with Gasteiger partial charge in [0.2, 0.25) is 0 Å². The number of nitrogens with one attached hydrogen (secondary N) is 1. The van der Waals surface area contributed by atoms with Gasteiger partial charge in [0, 0.05) is 12.5 Å². The number of hydrogen-bond donors (Lipinski definition) is 1. The van der Waals surface area contributed by atoms with Crippen LogP contribution in [0, 0.1) is 11.3 Å². The Morgan fingerprint density at radius 2 is 1.71 bits per heavy atom. The van der Waals surface area contributed by atoms with Gasteiger partial charge in [-0.2, -0.15) is 13.2 Å². The van der Waals surface area contributed by atoms with Crippen LogP contribution in [-0.4, -0.2) is 25.4 Å². The van der Waals surface area contributed by atoms with Gasteiger partial charge >= 0.3 is 6.18 Å². The normalized spacial score (nSPS) is 25.3. The summed E-state index contributed by atoms with van der Waals surface area (Å²) in [4.78, 5) is 0. The van der Waals surface area contributed by atoms with Gasteiger partial charge in [-0.05, 0) is 52.9 Å². The summed E-state index contributed by atoms with van der Waals surface area (Å²) in [5.41, 5.74) is 0.562. The van der Waals surface area contributed by atoms with Gasteiger partial charge in [-0.1, -0.05) is 85.0 Å². The van der Waals surface area contributed by atoms with Crippen molar-refractivity contribution in [3.63, 3.8) is 0 Å². The molecule has 1 N–H and O–H groups in total. The molecule has 2 nitrogen and oxygen atoms in total. The van der Waals surface area contributed by atoms with E-state index in [1.165, 1.54) is 6.08 Å². The van der Waals surface area contributed by atoms with Gasteiger partial charge in [-0.25, -0.2) is 0 Å². The second kappa shape index (κ2) is 9.40. The van der Waals surface area contributed by atoms with Crippen molar-refractivity contribution in [1.29, 1.82) is 0 Å². The Balaban J connectivity index is 1.41. The summed E-state index contributed by atoms with van der Waals surface area (Å²) < 4.78 is 50.7. The van der Waals surface area contributed by atoms with Gasteiger partial charge in [-0.3, -0.25) is 0 Å². The van der Waals surface area contributed by atoms with E-state index >= 15 is 0 Å². The molecule has 0 aromatic heterocycles. The average Bonchev–Trinajstić information content (AvgIpc) is 2.87. The van der Waals surface area contributed by atoms with E-state index in [2.05, 4.69) is 11.4 Å². The lowest BCUT2D eigenvalue weighted by Gasteiger charge is -2.47. The molecule has 3 aromatic carbocycles. The van der Waals surface area contributed by atoms with Crippen molar-refractivity contribution in [2.75, 3.05) is 13.1 Å². The number of rotatable bonds is 5. The molecule has 3 unspecified atom stereocenters. The van der Waals surface area contributed by atoms with Crippen LogP contribution in [0.5, 0.6) is 0 Å². The molecule has 1 fully saturated rings. The van der Waals surface area contributed by atoms with E-state index in [0.717, 1.165) is 21.9 Å². The summed E-state index contributed by atoms with van der Waals surface area (Å²) >= 11 is 0. The molecule has 0 bridgehead atoms. The lowest BCUT2D eigenvalue weighted by atomic mass is 9.63. The second-order valence-corrected chi connectivity index (χ2v) is 9.26. The maximum absolute atomic E-state index is 14.8. The molecule has 0 amide bonds. The summed E-state index contributed by atoms with van der Waals surface area (Å²) in [5.74, 6) is -0.669. The molecule has 1 aliphatic heterocycles. The first-order valence-corrected chi connectivity index (χ1v) is 11.8. The monoisotopic (exact) mass is 463 g/mol. The predicted octanol–water partition coefficient (Wildman–Crippen LogP) is 6.93. The number of alkyl halides is 3. The molecule has 34 heavy (non-hydrogen) atoms. The molecule has 3 atom stereocenters. The molecule has 0 spiro atoms. The Bertz CT molecular complexity index is 1200. The van der Waals surface area contributed by atoms with Crippen LogP contribution >= 0.6 is 0 Å². The zero-order valence-corrected chi connectivity index (χ0v) is 18.9. The van der Waals surface area contributed by atoms with Crippen LogP contribution in [0.1, 0.15) is 24.0 Å². The number of piperidine rings is 1. The molecule has 1 saturated heterocycles. The first-order chi connectivity index (χ1) is 16.5. The van der Waals surface area contributed by atoms with Crippen molar-refractivity contribution in [2.45, 2.75) is 31.7 Å². The maximum Gasteiger partial charge on any atom is 0.398 e. The molecule has 3 aromatic rings. The van der Waals surface area contributed by atoms with E-state index in [4.69, 9.17) is 4.74 Å². The van der Waals surface area contributed by atoms with E-state index in [0.29, 0.717) is 25.1 Å². The largest absolute Gasteiger partial charge is 0.398 e. The fourth-order valence-corrected chi connectivity index (χ4v) is 5.41. The molecule has 2 aliphatic rings. The minimum absolute atomic E-state index is 0.0719. The number of fused-ring (bicyclic) bond motifs is 1. The van der Waals surface area contributed by atoms with Crippen LogP contribution in [-0.2, 0) is 11.3 Å². The van der Waals surface area contributed by atoms with Crippen LogP contribution in [0.2, 0.25) is 0 Å². The molecule has 5 heteroatoms. The van der Waals surface area contributed by atoms with Gasteiger partial charge in [0.05, 0.1) is 18.1 Å². The lowest BCUT2D eigenvalue weighted by molar-refractivity contribution is -0.239. The third kappa shape index (κ3) is 4.42. The van der Waals surface area contributed by atoms with Crippen LogP contribution < -0.4 is 5.32 Å². The van der Waals surface area contributed by atoms with Gasteiger partial charge in [0.25, 0.3) is 0 Å². The fourth-order valence-electron chi connectivity index (χ4n) is 5.41. The highest BCUT2D eigenvalue weighted by molar-refractivity contribution is 5.82. The van der Waals surface area contributed by atoms with E-state index in [1.54, 1.807) is 6.08 Å². The highest BCUT2D eigenvalue weighted by atomic mass is 19.4. The molecule has 5 rings (SSSR count). The summed E-state index contributed by atoms with van der Waals surface area (Å²) in [5, 5.41) is 5.48. The summed E-state index contributed by atoms with van der Waals surface area (Å²) in [6, 6.07) is 23.5. The average molecular weight is 464 g/mol. The van der Waals surface area contributed by atoms with Crippen molar-refractivity contribution in [3.8, 4) is 0 Å². The van der Waals surface area contributed by atoms with Gasteiger partial charge in [-0.15, -0.1) is 0 Å². The number of benzene rings is 3. The summed E-state index contributed by atoms with van der Waals surface area (Å²) in [7, 11) is 0. The Morgan fingerprint density at radius 1 is 0.941 bits per heavy atom. The molecule has 0 radical (unpaired) electrons. The van der Waals surface area contributed by atoms with E-state index in [-0.39, 0.29) is 13.0 Å². The Labute approximate surface area is 198 Å². The first kappa shape index (κ1) is 22.9. The molecule has 176 valence electrons. The quantitative estimate of drug-likeness (QED) is 0.443. The fraction of sp³-hybridized carbons (Fsp3) is 0.310.